The number of aryl methyl sites for hydroxylation is 1. The Labute approximate surface area is 182 Å². The number of imide groups is 1. The summed E-state index contributed by atoms with van der Waals surface area (Å²) in [6, 6.07) is 15.3. The van der Waals surface area contributed by atoms with Gasteiger partial charge in [0.25, 0.3) is 0 Å². The molecule has 3 heterocycles. The van der Waals surface area contributed by atoms with Crippen LogP contribution < -0.4 is 10.6 Å². The molecule has 6 nitrogen and oxygen atoms in total. The van der Waals surface area contributed by atoms with Gasteiger partial charge in [-0.3, -0.25) is 24.6 Å². The van der Waals surface area contributed by atoms with E-state index in [4.69, 9.17) is 0 Å². The van der Waals surface area contributed by atoms with E-state index in [2.05, 4.69) is 10.6 Å². The van der Waals surface area contributed by atoms with Gasteiger partial charge in [-0.1, -0.05) is 48.0 Å². The van der Waals surface area contributed by atoms with Crippen molar-refractivity contribution in [2.24, 2.45) is 11.8 Å². The lowest BCUT2D eigenvalue weighted by Gasteiger charge is -2.34. The third-order valence-electron chi connectivity index (χ3n) is 6.84. The summed E-state index contributed by atoms with van der Waals surface area (Å²) in [7, 11) is 0. The molecule has 2 aromatic carbocycles. The van der Waals surface area contributed by atoms with Crippen molar-refractivity contribution in [1.82, 2.24) is 10.2 Å². The number of nitrogens with zero attached hydrogens (tertiary/aromatic N) is 1. The van der Waals surface area contributed by atoms with E-state index in [9.17, 15) is 14.4 Å². The number of anilines is 1. The summed E-state index contributed by atoms with van der Waals surface area (Å²) in [4.78, 5) is 42.2. The molecule has 0 aliphatic carbocycles. The number of benzene rings is 2. The summed E-state index contributed by atoms with van der Waals surface area (Å²) in [6.07, 6.45) is 0.565. The number of carbonyl (C=O) groups excluding carboxylic acids is 3. The number of hydrogen-bond donors (Lipinski definition) is 2. The molecule has 2 saturated heterocycles. The zero-order valence-corrected chi connectivity index (χ0v) is 18.2. The molecule has 160 valence electrons. The Bertz CT molecular complexity index is 1100. The smallest absolute Gasteiger partial charge is 0.250 e. The molecule has 0 aromatic heterocycles. The van der Waals surface area contributed by atoms with Crippen molar-refractivity contribution >= 4 is 23.4 Å². The van der Waals surface area contributed by atoms with Crippen molar-refractivity contribution in [3.05, 3.63) is 65.2 Å². The molecule has 4 unspecified atom stereocenters. The monoisotopic (exact) mass is 417 g/mol. The Balaban J connectivity index is 1.68. The SMILES string of the molecule is Cc1ccc2c(c1)C1(NC(Cc3ccccc3)C3C(=O)N(C(C)(C)C)C(=O)C31)C(=O)N2. The van der Waals surface area contributed by atoms with Crippen LogP contribution in [0, 0.1) is 18.8 Å². The van der Waals surface area contributed by atoms with Crippen molar-refractivity contribution in [3.8, 4) is 0 Å². The second-order valence-electron chi connectivity index (χ2n) is 9.94. The van der Waals surface area contributed by atoms with Gasteiger partial charge in [0.15, 0.2) is 0 Å². The van der Waals surface area contributed by atoms with Gasteiger partial charge >= 0.3 is 0 Å². The minimum absolute atomic E-state index is 0.193. The third kappa shape index (κ3) is 2.71. The lowest BCUT2D eigenvalue weighted by molar-refractivity contribution is -0.147. The number of nitrogens with one attached hydrogen (secondary N) is 2. The van der Waals surface area contributed by atoms with E-state index in [-0.39, 0.29) is 23.8 Å². The predicted octanol–water partition coefficient (Wildman–Crippen LogP) is 2.76. The minimum atomic E-state index is -1.24. The van der Waals surface area contributed by atoms with Gasteiger partial charge in [0.2, 0.25) is 17.7 Å². The third-order valence-corrected chi connectivity index (χ3v) is 6.84. The van der Waals surface area contributed by atoms with E-state index in [0.717, 1.165) is 16.7 Å². The van der Waals surface area contributed by atoms with Gasteiger partial charge in [0.05, 0.1) is 11.8 Å². The topological polar surface area (TPSA) is 78.5 Å². The van der Waals surface area contributed by atoms with E-state index < -0.39 is 22.9 Å². The average molecular weight is 418 g/mol. The summed E-state index contributed by atoms with van der Waals surface area (Å²) >= 11 is 0. The Morgan fingerprint density at radius 2 is 1.71 bits per heavy atom. The maximum Gasteiger partial charge on any atom is 0.250 e. The second-order valence-corrected chi connectivity index (χ2v) is 9.94. The Morgan fingerprint density at radius 1 is 1.00 bits per heavy atom. The number of amides is 3. The van der Waals surface area contributed by atoms with E-state index in [1.54, 1.807) is 0 Å². The first kappa shape index (κ1) is 19.9. The normalized spacial score (nSPS) is 29.5. The highest BCUT2D eigenvalue weighted by Gasteiger charge is 2.71. The van der Waals surface area contributed by atoms with Crippen LogP contribution in [0.5, 0.6) is 0 Å². The quantitative estimate of drug-likeness (QED) is 0.737. The number of carbonyl (C=O) groups is 3. The van der Waals surface area contributed by atoms with Gasteiger partial charge in [-0.25, -0.2) is 0 Å². The number of fused-ring (bicyclic) bond motifs is 4. The average Bonchev–Trinajstić information content (AvgIpc) is 3.27. The largest absolute Gasteiger partial charge is 0.324 e. The molecule has 0 saturated carbocycles. The fourth-order valence-corrected chi connectivity index (χ4v) is 5.62. The lowest BCUT2D eigenvalue weighted by atomic mass is 9.76. The Kier molecular flexibility index (Phi) is 4.18. The van der Waals surface area contributed by atoms with Crippen LogP contribution in [0.1, 0.15) is 37.5 Å². The molecular formula is C25H27N3O3. The van der Waals surface area contributed by atoms with Gasteiger partial charge in [-0.05, 0) is 45.7 Å². The molecule has 3 amide bonds. The molecule has 3 aliphatic rings. The van der Waals surface area contributed by atoms with Crippen LogP contribution >= 0.6 is 0 Å². The van der Waals surface area contributed by atoms with Crippen molar-refractivity contribution in [3.63, 3.8) is 0 Å². The Hall–Kier alpha value is -2.99. The molecule has 2 aromatic rings. The van der Waals surface area contributed by atoms with Crippen molar-refractivity contribution in [1.29, 1.82) is 0 Å². The lowest BCUT2D eigenvalue weighted by Crippen LogP contribution is -2.56. The van der Waals surface area contributed by atoms with E-state index >= 15 is 0 Å². The van der Waals surface area contributed by atoms with Crippen molar-refractivity contribution in [2.45, 2.75) is 51.2 Å². The zero-order chi connectivity index (χ0) is 22.1. The van der Waals surface area contributed by atoms with E-state index in [0.29, 0.717) is 12.1 Å². The van der Waals surface area contributed by atoms with Gasteiger partial charge in [0, 0.05) is 22.8 Å². The van der Waals surface area contributed by atoms with Crippen LogP contribution in [0.2, 0.25) is 0 Å². The van der Waals surface area contributed by atoms with Crippen LogP contribution in [0.25, 0.3) is 0 Å². The summed E-state index contributed by atoms with van der Waals surface area (Å²) in [5.74, 6) is -2.08. The maximum atomic E-state index is 13.7. The van der Waals surface area contributed by atoms with Crippen LogP contribution in [0.4, 0.5) is 5.69 Å². The molecule has 2 fully saturated rings. The minimum Gasteiger partial charge on any atom is -0.324 e. The number of rotatable bonds is 2. The van der Waals surface area contributed by atoms with E-state index in [1.807, 2.05) is 76.2 Å². The van der Waals surface area contributed by atoms with Crippen molar-refractivity contribution < 1.29 is 14.4 Å². The zero-order valence-electron chi connectivity index (χ0n) is 18.2. The molecule has 1 spiro atoms. The maximum absolute atomic E-state index is 13.7. The first-order valence-electron chi connectivity index (χ1n) is 10.8. The highest BCUT2D eigenvalue weighted by atomic mass is 16.2. The van der Waals surface area contributed by atoms with Crippen LogP contribution in [-0.4, -0.2) is 34.2 Å². The van der Waals surface area contributed by atoms with Gasteiger partial charge in [-0.15, -0.1) is 0 Å². The number of likely N-dealkylation sites (tertiary alicyclic amines) is 1. The van der Waals surface area contributed by atoms with Crippen LogP contribution in [-0.2, 0) is 26.3 Å². The van der Waals surface area contributed by atoms with Gasteiger partial charge in [0.1, 0.15) is 5.54 Å². The fraction of sp³-hybridized carbons (Fsp3) is 0.400. The second kappa shape index (κ2) is 6.50. The molecule has 2 N–H and O–H groups in total. The molecule has 3 aliphatic heterocycles. The van der Waals surface area contributed by atoms with Crippen LogP contribution in [0.3, 0.4) is 0 Å². The molecule has 6 heteroatoms. The molecule has 5 rings (SSSR count). The predicted molar refractivity (Wildman–Crippen MR) is 117 cm³/mol. The molecule has 0 radical (unpaired) electrons. The molecule has 31 heavy (non-hydrogen) atoms. The van der Waals surface area contributed by atoms with E-state index in [1.165, 1.54) is 4.90 Å². The molecule has 4 atom stereocenters. The van der Waals surface area contributed by atoms with Crippen LogP contribution in [0.15, 0.2) is 48.5 Å². The summed E-state index contributed by atoms with van der Waals surface area (Å²) in [6.45, 7) is 7.56. The highest BCUT2D eigenvalue weighted by Crippen LogP contribution is 2.54. The summed E-state index contributed by atoms with van der Waals surface area (Å²) < 4.78 is 0. The first-order valence-corrected chi connectivity index (χ1v) is 10.8. The standard InChI is InChI=1S/C25H27N3O3/c1-14-10-11-17-16(12-14)25(23(31)26-17)20-19(21(29)28(22(20)30)24(2,3)4)18(27-25)13-15-8-6-5-7-9-15/h5-12,18-20,27H,13H2,1-4H3,(H,26,31). The highest BCUT2D eigenvalue weighted by molar-refractivity contribution is 6.15. The summed E-state index contributed by atoms with van der Waals surface area (Å²) in [5.41, 5.74) is 1.65. The molecular weight excluding hydrogens is 390 g/mol. The molecule has 0 bridgehead atoms. The Morgan fingerprint density at radius 3 is 2.39 bits per heavy atom. The summed E-state index contributed by atoms with van der Waals surface area (Å²) in [5, 5.41) is 6.46. The van der Waals surface area contributed by atoms with Crippen molar-refractivity contribution in [2.75, 3.05) is 5.32 Å². The number of hydrogen-bond acceptors (Lipinski definition) is 4. The first-order chi connectivity index (χ1) is 14.6. The van der Waals surface area contributed by atoms with Gasteiger partial charge in [-0.2, -0.15) is 0 Å². The van der Waals surface area contributed by atoms with Gasteiger partial charge < -0.3 is 5.32 Å². The fourth-order valence-electron chi connectivity index (χ4n) is 5.62.